The number of hydrogen-bond donors (Lipinski definition) is 0. The van der Waals surface area contributed by atoms with E-state index in [9.17, 15) is 9.59 Å². The van der Waals surface area contributed by atoms with Crippen molar-refractivity contribution in [3.05, 3.63) is 65.2 Å². The van der Waals surface area contributed by atoms with E-state index >= 15 is 0 Å². The van der Waals surface area contributed by atoms with Crippen molar-refractivity contribution < 1.29 is 9.59 Å². The number of para-hydroxylation sites is 1. The zero-order valence-corrected chi connectivity index (χ0v) is 21.0. The lowest BCUT2D eigenvalue weighted by Gasteiger charge is -2.40. The molecule has 1 aliphatic carbocycles. The second kappa shape index (κ2) is 10.0. The summed E-state index contributed by atoms with van der Waals surface area (Å²) < 4.78 is 1.01. The van der Waals surface area contributed by atoms with Crippen LogP contribution in [-0.4, -0.2) is 39.0 Å². The molecule has 176 valence electrons. The van der Waals surface area contributed by atoms with Gasteiger partial charge in [0.25, 0.3) is 0 Å². The third-order valence-electron chi connectivity index (χ3n) is 7.45. The first kappa shape index (κ1) is 23.3. The number of ketones is 1. The molecular weight excluding hydrogens is 460 g/mol. The molecule has 0 unspecified atom stereocenters. The van der Waals surface area contributed by atoms with E-state index in [1.807, 2.05) is 47.4 Å². The van der Waals surface area contributed by atoms with Crippen LogP contribution in [-0.2, 0) is 11.2 Å². The van der Waals surface area contributed by atoms with Crippen molar-refractivity contribution in [3.8, 4) is 0 Å². The summed E-state index contributed by atoms with van der Waals surface area (Å²) in [7, 11) is 0. The number of Topliss-reactive ketones (excluding diaryl/α,β-unsaturated/α-hetero) is 1. The maximum atomic E-state index is 14.2. The maximum Gasteiger partial charge on any atom is 0.234 e. The topological polar surface area (TPSA) is 50.3 Å². The number of carbonyl (C=O) groups excluding carboxylic acids is 2. The Kier molecular flexibility index (Phi) is 6.89. The lowest BCUT2D eigenvalue weighted by atomic mass is 9.69. The fraction of sp³-hybridized carbons (Fsp3) is 0.429. The molecule has 0 N–H and O–H groups in total. The van der Waals surface area contributed by atoms with Crippen LogP contribution in [0.3, 0.4) is 0 Å². The molecule has 3 aromatic rings. The van der Waals surface area contributed by atoms with Crippen LogP contribution in [0.2, 0.25) is 0 Å². The second-order valence-corrected chi connectivity index (χ2v) is 11.1. The summed E-state index contributed by atoms with van der Waals surface area (Å²) in [6.45, 7) is 0.628. The number of rotatable bonds is 7. The predicted molar refractivity (Wildman–Crippen MR) is 142 cm³/mol. The molecule has 6 heteroatoms. The van der Waals surface area contributed by atoms with E-state index in [2.05, 4.69) is 17.1 Å². The molecule has 1 aliphatic heterocycles. The summed E-state index contributed by atoms with van der Waals surface area (Å²) in [6, 6.07) is 17.7. The normalized spacial score (nSPS) is 19.9. The molecule has 1 saturated heterocycles. The summed E-state index contributed by atoms with van der Waals surface area (Å²) in [4.78, 5) is 35.0. The van der Waals surface area contributed by atoms with Gasteiger partial charge >= 0.3 is 0 Å². The van der Waals surface area contributed by atoms with Crippen LogP contribution in [0.1, 0.15) is 66.7 Å². The number of benzene rings is 2. The highest BCUT2D eigenvalue weighted by molar-refractivity contribution is 7.80. The standard InChI is InChI=1S/C28H30N2O2S2/c31-25(26-29-21-12-5-6-14-23(21)34-26)22-13-9-19-30(22)27(32)28(17-7-2-8-18-28)24(33)16-15-20-10-3-1-4-11-20/h1,3-6,10-12,14,22H,2,7-9,13,15-19H2/t22-/m0/s1. The van der Waals surface area contributed by atoms with Gasteiger partial charge in [-0.3, -0.25) is 9.59 Å². The first-order chi connectivity index (χ1) is 16.6. The van der Waals surface area contributed by atoms with E-state index in [-0.39, 0.29) is 11.7 Å². The van der Waals surface area contributed by atoms with Crippen molar-refractivity contribution in [1.29, 1.82) is 0 Å². The Morgan fingerprint density at radius 2 is 1.74 bits per heavy atom. The van der Waals surface area contributed by atoms with Crippen molar-refractivity contribution >= 4 is 50.3 Å². The van der Waals surface area contributed by atoms with Crippen molar-refractivity contribution in [1.82, 2.24) is 9.88 Å². The van der Waals surface area contributed by atoms with Gasteiger partial charge in [-0.2, -0.15) is 0 Å². The van der Waals surface area contributed by atoms with Gasteiger partial charge in [-0.15, -0.1) is 11.3 Å². The number of aryl methyl sites for hydroxylation is 1. The van der Waals surface area contributed by atoms with E-state index in [1.165, 1.54) is 16.9 Å². The van der Waals surface area contributed by atoms with Gasteiger partial charge in [0.15, 0.2) is 5.01 Å². The Morgan fingerprint density at radius 1 is 1.00 bits per heavy atom. The molecule has 2 fully saturated rings. The lowest BCUT2D eigenvalue weighted by Crippen LogP contribution is -2.52. The van der Waals surface area contributed by atoms with E-state index in [0.717, 1.165) is 66.4 Å². The Balaban J connectivity index is 1.37. The average Bonchev–Trinajstić information content (AvgIpc) is 3.55. The molecule has 5 rings (SSSR count). The van der Waals surface area contributed by atoms with Gasteiger partial charge in [0.2, 0.25) is 11.7 Å². The quantitative estimate of drug-likeness (QED) is 0.283. The van der Waals surface area contributed by atoms with Crippen molar-refractivity contribution in [2.75, 3.05) is 6.54 Å². The molecule has 0 bridgehead atoms. The van der Waals surface area contributed by atoms with Crippen molar-refractivity contribution in [2.45, 2.75) is 63.8 Å². The molecule has 2 aliphatic rings. The lowest BCUT2D eigenvalue weighted by molar-refractivity contribution is -0.140. The van der Waals surface area contributed by atoms with Crippen LogP contribution in [0.4, 0.5) is 0 Å². The van der Waals surface area contributed by atoms with Crippen molar-refractivity contribution in [3.63, 3.8) is 0 Å². The van der Waals surface area contributed by atoms with Gasteiger partial charge in [0.05, 0.1) is 21.7 Å². The molecule has 2 aromatic carbocycles. The second-order valence-electron chi connectivity index (χ2n) is 9.56. The number of fused-ring (bicyclic) bond motifs is 1. The first-order valence-corrected chi connectivity index (χ1v) is 13.6. The van der Waals surface area contributed by atoms with E-state index in [0.29, 0.717) is 18.0 Å². The van der Waals surface area contributed by atoms with Gasteiger partial charge in [0.1, 0.15) is 0 Å². The molecular formula is C28H30N2O2S2. The number of amides is 1. The predicted octanol–water partition coefficient (Wildman–Crippen LogP) is 6.42. The Hall–Kier alpha value is -2.44. The number of thiazole rings is 1. The fourth-order valence-electron chi connectivity index (χ4n) is 5.59. The molecule has 1 atom stereocenters. The zero-order valence-electron chi connectivity index (χ0n) is 19.4. The number of likely N-dealkylation sites (tertiary alicyclic amines) is 1. The van der Waals surface area contributed by atoms with Crippen LogP contribution >= 0.6 is 23.6 Å². The molecule has 1 amide bonds. The number of nitrogens with zero attached hydrogens (tertiary/aromatic N) is 2. The summed E-state index contributed by atoms with van der Waals surface area (Å²) in [5.41, 5.74) is 1.48. The van der Waals surface area contributed by atoms with Gasteiger partial charge in [-0.05, 0) is 56.2 Å². The molecule has 4 nitrogen and oxygen atoms in total. The first-order valence-electron chi connectivity index (χ1n) is 12.4. The summed E-state index contributed by atoms with van der Waals surface area (Å²) in [6.07, 6.45) is 7.91. The minimum Gasteiger partial charge on any atom is -0.331 e. The Morgan fingerprint density at radius 3 is 2.50 bits per heavy atom. The summed E-state index contributed by atoms with van der Waals surface area (Å²) in [5, 5.41) is 0.509. The van der Waals surface area contributed by atoms with Crippen LogP contribution in [0.25, 0.3) is 10.2 Å². The minimum absolute atomic E-state index is 0.0202. The zero-order chi connectivity index (χ0) is 23.5. The van der Waals surface area contributed by atoms with Crippen LogP contribution in [0.15, 0.2) is 54.6 Å². The SMILES string of the molecule is O=C(c1nc2ccccc2s1)[C@@H]1CCCN1C(=O)C1(C(=S)CCc2ccccc2)CCCCC1. The van der Waals surface area contributed by atoms with Crippen molar-refractivity contribution in [2.24, 2.45) is 5.41 Å². The van der Waals surface area contributed by atoms with Crippen LogP contribution < -0.4 is 0 Å². The van der Waals surface area contributed by atoms with Crippen LogP contribution in [0, 0.1) is 5.41 Å². The van der Waals surface area contributed by atoms with Crippen LogP contribution in [0.5, 0.6) is 0 Å². The fourth-order valence-corrected chi connectivity index (χ4v) is 6.93. The summed E-state index contributed by atoms with van der Waals surface area (Å²) >= 11 is 7.42. The highest BCUT2D eigenvalue weighted by Crippen LogP contribution is 2.42. The highest BCUT2D eigenvalue weighted by Gasteiger charge is 2.48. The molecule has 0 radical (unpaired) electrons. The third kappa shape index (κ3) is 4.46. The maximum absolute atomic E-state index is 14.2. The van der Waals surface area contributed by atoms with E-state index in [1.54, 1.807) is 0 Å². The molecule has 34 heavy (non-hydrogen) atoms. The highest BCUT2D eigenvalue weighted by atomic mass is 32.1. The number of carbonyl (C=O) groups is 2. The molecule has 1 aromatic heterocycles. The third-order valence-corrected chi connectivity index (χ3v) is 9.10. The molecule has 0 spiro atoms. The average molecular weight is 491 g/mol. The number of thiocarbonyl (C=S) groups is 1. The van der Waals surface area contributed by atoms with Gasteiger partial charge < -0.3 is 4.90 Å². The molecule has 1 saturated carbocycles. The van der Waals surface area contributed by atoms with Gasteiger partial charge in [-0.25, -0.2) is 4.98 Å². The van der Waals surface area contributed by atoms with E-state index < -0.39 is 11.5 Å². The largest absolute Gasteiger partial charge is 0.331 e. The Bertz CT molecular complexity index is 1160. The smallest absolute Gasteiger partial charge is 0.234 e. The van der Waals surface area contributed by atoms with E-state index in [4.69, 9.17) is 12.2 Å². The number of hydrogen-bond acceptors (Lipinski definition) is 5. The van der Waals surface area contributed by atoms with Gasteiger partial charge in [0, 0.05) is 11.4 Å². The monoisotopic (exact) mass is 490 g/mol. The number of aromatic nitrogens is 1. The molecule has 2 heterocycles. The van der Waals surface area contributed by atoms with Gasteiger partial charge in [-0.1, -0.05) is 73.9 Å². The summed E-state index contributed by atoms with van der Waals surface area (Å²) in [5.74, 6) is 0.0652. The Labute approximate surface area is 210 Å². The minimum atomic E-state index is -0.612.